The minimum Gasteiger partial charge on any atom is -0.435 e. The molecule has 0 amide bonds. The summed E-state index contributed by atoms with van der Waals surface area (Å²) in [6, 6.07) is 0. The van der Waals surface area contributed by atoms with Gasteiger partial charge in [0.1, 0.15) is 0 Å². The molecule has 82 valence electrons. The van der Waals surface area contributed by atoms with E-state index in [4.69, 9.17) is 4.74 Å². The Kier molecular flexibility index (Phi) is 6.53. The molecule has 0 aliphatic carbocycles. The van der Waals surface area contributed by atoms with E-state index in [0.717, 1.165) is 0 Å². The standard InChI is InChI=1S/C9H16O5/c1-4-6-8(10)13-7(3)14-9(11)12-5-2/h7H,4-6H2,1-3H3. The monoisotopic (exact) mass is 204 g/mol. The van der Waals surface area contributed by atoms with E-state index in [1.807, 2.05) is 6.92 Å². The Morgan fingerprint density at radius 3 is 2.36 bits per heavy atom. The molecule has 5 nitrogen and oxygen atoms in total. The zero-order valence-electron chi connectivity index (χ0n) is 8.74. The van der Waals surface area contributed by atoms with E-state index in [1.54, 1.807) is 6.92 Å². The van der Waals surface area contributed by atoms with Gasteiger partial charge in [-0.05, 0) is 13.3 Å². The molecule has 1 atom stereocenters. The van der Waals surface area contributed by atoms with Crippen molar-refractivity contribution in [1.82, 2.24) is 0 Å². The lowest BCUT2D eigenvalue weighted by Gasteiger charge is -2.12. The van der Waals surface area contributed by atoms with Gasteiger partial charge in [0.2, 0.25) is 6.29 Å². The topological polar surface area (TPSA) is 61.8 Å². The Morgan fingerprint density at radius 2 is 1.86 bits per heavy atom. The molecule has 14 heavy (non-hydrogen) atoms. The number of esters is 1. The van der Waals surface area contributed by atoms with E-state index in [2.05, 4.69) is 9.47 Å². The number of carbonyl (C=O) groups is 2. The third-order valence-electron chi connectivity index (χ3n) is 1.28. The zero-order valence-corrected chi connectivity index (χ0v) is 8.74. The van der Waals surface area contributed by atoms with E-state index in [-0.39, 0.29) is 12.6 Å². The average Bonchev–Trinajstić information content (AvgIpc) is 2.03. The van der Waals surface area contributed by atoms with Gasteiger partial charge in [0.05, 0.1) is 6.61 Å². The van der Waals surface area contributed by atoms with Crippen LogP contribution in [-0.2, 0) is 19.0 Å². The van der Waals surface area contributed by atoms with E-state index < -0.39 is 12.4 Å². The first-order valence-corrected chi connectivity index (χ1v) is 4.63. The zero-order chi connectivity index (χ0) is 11.0. The highest BCUT2D eigenvalue weighted by molar-refractivity contribution is 5.69. The van der Waals surface area contributed by atoms with Crippen LogP contribution in [0.5, 0.6) is 0 Å². The highest BCUT2D eigenvalue weighted by atomic mass is 16.8. The lowest BCUT2D eigenvalue weighted by Crippen LogP contribution is -2.22. The van der Waals surface area contributed by atoms with Crippen molar-refractivity contribution in [2.24, 2.45) is 0 Å². The summed E-state index contributed by atoms with van der Waals surface area (Å²) in [6.45, 7) is 5.21. The van der Waals surface area contributed by atoms with Crippen LogP contribution in [0, 0.1) is 0 Å². The molecule has 0 spiro atoms. The van der Waals surface area contributed by atoms with Crippen molar-refractivity contribution in [3.05, 3.63) is 0 Å². The Labute approximate surface area is 83.3 Å². The van der Waals surface area contributed by atoms with Crippen LogP contribution < -0.4 is 0 Å². The second-order valence-corrected chi connectivity index (χ2v) is 2.61. The van der Waals surface area contributed by atoms with E-state index >= 15 is 0 Å². The van der Waals surface area contributed by atoms with Crippen molar-refractivity contribution in [2.45, 2.75) is 39.9 Å². The highest BCUT2D eigenvalue weighted by Crippen LogP contribution is 2.00. The molecule has 0 aromatic heterocycles. The number of hydrogen-bond acceptors (Lipinski definition) is 5. The first-order valence-electron chi connectivity index (χ1n) is 4.63. The van der Waals surface area contributed by atoms with Gasteiger partial charge in [0.15, 0.2) is 0 Å². The second kappa shape index (κ2) is 7.17. The van der Waals surface area contributed by atoms with Crippen LogP contribution in [0.3, 0.4) is 0 Å². The van der Waals surface area contributed by atoms with Crippen LogP contribution in [0.1, 0.15) is 33.6 Å². The van der Waals surface area contributed by atoms with Crippen molar-refractivity contribution in [1.29, 1.82) is 0 Å². The average molecular weight is 204 g/mol. The number of ether oxygens (including phenoxy) is 3. The molecule has 0 aromatic carbocycles. The molecule has 1 unspecified atom stereocenters. The molecule has 0 saturated carbocycles. The van der Waals surface area contributed by atoms with Gasteiger partial charge in [-0.1, -0.05) is 6.92 Å². The summed E-state index contributed by atoms with van der Waals surface area (Å²) in [6.07, 6.45) is -0.709. The number of rotatable bonds is 5. The minimum atomic E-state index is -0.895. The molecule has 0 aliphatic heterocycles. The van der Waals surface area contributed by atoms with E-state index in [0.29, 0.717) is 12.8 Å². The van der Waals surface area contributed by atoms with Crippen LogP contribution >= 0.6 is 0 Å². The maximum atomic E-state index is 10.9. The third-order valence-corrected chi connectivity index (χ3v) is 1.28. The molecule has 0 saturated heterocycles. The Balaban J connectivity index is 3.68. The summed E-state index contributed by atoms with van der Waals surface area (Å²) in [5.74, 6) is -0.385. The maximum absolute atomic E-state index is 10.9. The van der Waals surface area contributed by atoms with Crippen LogP contribution in [0.2, 0.25) is 0 Å². The fourth-order valence-electron chi connectivity index (χ4n) is 0.760. The van der Waals surface area contributed by atoms with Crippen LogP contribution in [0.25, 0.3) is 0 Å². The quantitative estimate of drug-likeness (QED) is 0.505. The third kappa shape index (κ3) is 6.28. The van der Waals surface area contributed by atoms with Gasteiger partial charge in [-0.2, -0.15) is 0 Å². The maximum Gasteiger partial charge on any atom is 0.511 e. The van der Waals surface area contributed by atoms with Gasteiger partial charge >= 0.3 is 12.1 Å². The normalized spacial score (nSPS) is 11.6. The first kappa shape index (κ1) is 12.7. The highest BCUT2D eigenvalue weighted by Gasteiger charge is 2.13. The Bertz CT molecular complexity index is 170. The Morgan fingerprint density at radius 1 is 1.21 bits per heavy atom. The minimum absolute atomic E-state index is 0.231. The van der Waals surface area contributed by atoms with Crippen LogP contribution in [0.15, 0.2) is 0 Å². The van der Waals surface area contributed by atoms with Crippen molar-refractivity contribution < 1.29 is 23.8 Å². The van der Waals surface area contributed by atoms with Gasteiger partial charge in [-0.15, -0.1) is 0 Å². The van der Waals surface area contributed by atoms with Crippen LogP contribution in [0.4, 0.5) is 4.79 Å². The van der Waals surface area contributed by atoms with Gasteiger partial charge in [0.25, 0.3) is 0 Å². The van der Waals surface area contributed by atoms with Crippen molar-refractivity contribution in [2.75, 3.05) is 6.61 Å². The predicted octanol–water partition coefficient (Wildman–Crippen LogP) is 1.85. The molecule has 0 rings (SSSR count). The van der Waals surface area contributed by atoms with Crippen molar-refractivity contribution in [3.8, 4) is 0 Å². The van der Waals surface area contributed by atoms with Crippen molar-refractivity contribution >= 4 is 12.1 Å². The molecule has 0 N–H and O–H groups in total. The molecular weight excluding hydrogens is 188 g/mol. The van der Waals surface area contributed by atoms with Gasteiger partial charge < -0.3 is 14.2 Å². The van der Waals surface area contributed by atoms with Gasteiger partial charge in [0, 0.05) is 13.3 Å². The smallest absolute Gasteiger partial charge is 0.435 e. The molecular formula is C9H16O5. The molecule has 0 heterocycles. The van der Waals surface area contributed by atoms with E-state index in [1.165, 1.54) is 6.92 Å². The number of hydrogen-bond donors (Lipinski definition) is 0. The summed E-state index contributed by atoms with van der Waals surface area (Å²) in [5, 5.41) is 0. The van der Waals surface area contributed by atoms with Crippen LogP contribution in [-0.4, -0.2) is 25.0 Å². The SMILES string of the molecule is CCCC(=O)OC(C)OC(=O)OCC. The van der Waals surface area contributed by atoms with Crippen molar-refractivity contribution in [3.63, 3.8) is 0 Å². The lowest BCUT2D eigenvalue weighted by atomic mass is 10.3. The molecule has 0 aliphatic rings. The molecule has 0 bridgehead atoms. The summed E-state index contributed by atoms with van der Waals surface area (Å²) < 4.78 is 13.9. The lowest BCUT2D eigenvalue weighted by molar-refractivity contribution is -0.167. The molecule has 0 fully saturated rings. The van der Waals surface area contributed by atoms with Gasteiger partial charge in [-0.25, -0.2) is 4.79 Å². The van der Waals surface area contributed by atoms with E-state index in [9.17, 15) is 9.59 Å². The summed E-state index contributed by atoms with van der Waals surface area (Å²) in [5.41, 5.74) is 0. The predicted molar refractivity (Wildman–Crippen MR) is 48.6 cm³/mol. The van der Waals surface area contributed by atoms with Gasteiger partial charge in [-0.3, -0.25) is 4.79 Å². The first-order chi connectivity index (χ1) is 6.60. The second-order valence-electron chi connectivity index (χ2n) is 2.61. The number of carbonyl (C=O) groups excluding carboxylic acids is 2. The fraction of sp³-hybridized carbons (Fsp3) is 0.778. The molecule has 5 heteroatoms. The summed E-state index contributed by atoms with van der Waals surface area (Å²) >= 11 is 0. The largest absolute Gasteiger partial charge is 0.511 e. The summed E-state index contributed by atoms with van der Waals surface area (Å²) in [7, 11) is 0. The molecule has 0 radical (unpaired) electrons. The fourth-order valence-corrected chi connectivity index (χ4v) is 0.760. The Hall–Kier alpha value is -1.26. The molecule has 0 aromatic rings. The summed E-state index contributed by atoms with van der Waals surface area (Å²) in [4.78, 5) is 21.7.